The average molecular weight is 869 g/mol. The Morgan fingerprint density at radius 1 is 0.667 bits per heavy atom. The standard InChI is InChI=1S/C31H53NO5S.C17H26F3NO/c1-2-3-4-5-6-10-13-16-27-37-29-19-21-30(22-20-29)38(35,36)32-25-23-28(24-26-32)17-14-11-8-7-9-12-15-18-31(33)34;1-2-3-4-5-6-7-8-9-14-21-15-10-12-16(13-11-15)22-17(18,19)20/h19-22,28H,2-18,23-27H2,1H3,(H,33,34);10-13,21H,2-9,14H2,1H3. The van der Waals surface area contributed by atoms with Crippen LogP contribution in [0.2, 0.25) is 0 Å². The van der Waals surface area contributed by atoms with E-state index in [1.54, 1.807) is 40.7 Å². The van der Waals surface area contributed by atoms with Gasteiger partial charge >= 0.3 is 12.3 Å². The molecule has 1 aliphatic heterocycles. The number of carbonyl (C=O) groups is 1. The summed E-state index contributed by atoms with van der Waals surface area (Å²) in [5, 5.41) is 11.9. The van der Waals surface area contributed by atoms with E-state index >= 15 is 0 Å². The molecule has 12 heteroatoms. The van der Waals surface area contributed by atoms with Crippen molar-refractivity contribution < 1.29 is 41.0 Å². The highest BCUT2D eigenvalue weighted by molar-refractivity contribution is 7.89. The number of ether oxygens (including phenoxy) is 2. The molecule has 3 rings (SSSR count). The maximum Gasteiger partial charge on any atom is 0.573 e. The van der Waals surface area contributed by atoms with E-state index in [0.717, 1.165) is 62.9 Å². The Labute approximate surface area is 361 Å². The zero-order valence-electron chi connectivity index (χ0n) is 37.1. The summed E-state index contributed by atoms with van der Waals surface area (Å²) in [6.07, 6.45) is 26.6. The molecule has 60 heavy (non-hydrogen) atoms. The quantitative estimate of drug-likeness (QED) is 0.0688. The molecule has 0 radical (unpaired) electrons. The lowest BCUT2D eigenvalue weighted by Crippen LogP contribution is -2.38. The third-order valence-corrected chi connectivity index (χ3v) is 13.2. The number of benzene rings is 2. The fourth-order valence-electron chi connectivity index (χ4n) is 7.58. The summed E-state index contributed by atoms with van der Waals surface area (Å²) >= 11 is 0. The van der Waals surface area contributed by atoms with E-state index in [4.69, 9.17) is 9.84 Å². The molecular weight excluding hydrogens is 790 g/mol. The van der Waals surface area contributed by atoms with Crippen LogP contribution in [0.3, 0.4) is 0 Å². The van der Waals surface area contributed by atoms with Crippen LogP contribution in [0.25, 0.3) is 0 Å². The predicted octanol–water partition coefficient (Wildman–Crippen LogP) is 14.3. The molecule has 1 saturated heterocycles. The van der Waals surface area contributed by atoms with Crippen LogP contribution in [-0.2, 0) is 14.8 Å². The van der Waals surface area contributed by atoms with Crippen molar-refractivity contribution in [3.05, 3.63) is 48.5 Å². The van der Waals surface area contributed by atoms with Crippen LogP contribution in [0, 0.1) is 5.92 Å². The molecule has 1 fully saturated rings. The maximum absolute atomic E-state index is 13.1. The molecule has 0 amide bonds. The number of piperidine rings is 1. The van der Waals surface area contributed by atoms with Gasteiger partial charge in [0.1, 0.15) is 11.5 Å². The van der Waals surface area contributed by atoms with Gasteiger partial charge in [0, 0.05) is 31.7 Å². The normalized spacial score (nSPS) is 13.8. The Balaban J connectivity index is 0.000000478. The SMILES string of the molecule is CCCCCCCCCCNc1ccc(OC(F)(F)F)cc1.CCCCCCCCCCOc1ccc(S(=O)(=O)N2CCC(CCCCCCCCCC(=O)O)CC2)cc1. The van der Waals surface area contributed by atoms with Crippen LogP contribution in [-0.4, -0.2) is 56.4 Å². The van der Waals surface area contributed by atoms with E-state index in [1.807, 2.05) is 0 Å². The Hall–Kier alpha value is -2.99. The first-order valence-electron chi connectivity index (χ1n) is 23.5. The molecule has 344 valence electrons. The van der Waals surface area contributed by atoms with Gasteiger partial charge in [-0.3, -0.25) is 4.79 Å². The minimum atomic E-state index is -4.63. The second-order valence-corrected chi connectivity index (χ2v) is 18.5. The number of aliphatic carboxylic acids is 1. The summed E-state index contributed by atoms with van der Waals surface area (Å²) in [5.41, 5.74) is 0.817. The van der Waals surface area contributed by atoms with Crippen LogP contribution < -0.4 is 14.8 Å². The van der Waals surface area contributed by atoms with Crippen molar-refractivity contribution in [2.75, 3.05) is 31.6 Å². The van der Waals surface area contributed by atoms with Gasteiger partial charge in [-0.1, -0.05) is 149 Å². The average Bonchev–Trinajstić information content (AvgIpc) is 3.22. The largest absolute Gasteiger partial charge is 0.573 e. The lowest BCUT2D eigenvalue weighted by Gasteiger charge is -2.31. The van der Waals surface area contributed by atoms with E-state index in [9.17, 15) is 26.4 Å². The van der Waals surface area contributed by atoms with Crippen molar-refractivity contribution in [3.8, 4) is 11.5 Å². The molecule has 2 aromatic carbocycles. The Morgan fingerprint density at radius 3 is 1.65 bits per heavy atom. The number of hydrogen-bond donors (Lipinski definition) is 2. The maximum atomic E-state index is 13.1. The molecule has 0 bridgehead atoms. The lowest BCUT2D eigenvalue weighted by molar-refractivity contribution is -0.274. The number of nitrogens with one attached hydrogen (secondary N) is 1. The van der Waals surface area contributed by atoms with Gasteiger partial charge in [-0.25, -0.2) is 8.42 Å². The Bertz CT molecular complexity index is 1450. The second kappa shape index (κ2) is 32.7. The first-order valence-corrected chi connectivity index (χ1v) is 24.9. The van der Waals surface area contributed by atoms with Gasteiger partial charge in [0.25, 0.3) is 0 Å². The third-order valence-electron chi connectivity index (χ3n) is 11.3. The van der Waals surface area contributed by atoms with Crippen molar-refractivity contribution in [1.29, 1.82) is 0 Å². The molecule has 0 unspecified atom stereocenters. The van der Waals surface area contributed by atoms with Gasteiger partial charge in [0.2, 0.25) is 10.0 Å². The van der Waals surface area contributed by atoms with Gasteiger partial charge in [-0.2, -0.15) is 4.31 Å². The molecule has 2 N–H and O–H groups in total. The van der Waals surface area contributed by atoms with Crippen molar-refractivity contribution in [3.63, 3.8) is 0 Å². The summed E-state index contributed by atoms with van der Waals surface area (Å²) in [6.45, 7) is 7.19. The van der Waals surface area contributed by atoms with Crippen LogP contribution in [0.1, 0.15) is 187 Å². The minimum Gasteiger partial charge on any atom is -0.494 e. The monoisotopic (exact) mass is 869 g/mol. The smallest absolute Gasteiger partial charge is 0.494 e. The molecule has 0 spiro atoms. The number of alkyl halides is 3. The third kappa shape index (κ3) is 26.4. The van der Waals surface area contributed by atoms with Crippen LogP contribution >= 0.6 is 0 Å². The minimum absolute atomic E-state index is 0.190. The Morgan fingerprint density at radius 2 is 1.13 bits per heavy atom. The summed E-state index contributed by atoms with van der Waals surface area (Å²) in [4.78, 5) is 10.9. The van der Waals surface area contributed by atoms with Gasteiger partial charge in [-0.05, 0) is 86.6 Å². The summed E-state index contributed by atoms with van der Waals surface area (Å²) in [5.74, 6) is 0.469. The van der Waals surface area contributed by atoms with Gasteiger partial charge in [-0.15, -0.1) is 13.2 Å². The Kier molecular flexibility index (Phi) is 29.0. The van der Waals surface area contributed by atoms with Gasteiger partial charge in [0.05, 0.1) is 11.5 Å². The van der Waals surface area contributed by atoms with Crippen LogP contribution in [0.15, 0.2) is 53.4 Å². The number of carboxylic acid groups (broad SMARTS) is 1. The van der Waals surface area contributed by atoms with E-state index in [-0.39, 0.29) is 12.2 Å². The highest BCUT2D eigenvalue weighted by Gasteiger charge is 2.31. The molecule has 1 aliphatic rings. The first-order chi connectivity index (χ1) is 28.9. The lowest BCUT2D eigenvalue weighted by atomic mass is 9.92. The number of unbranched alkanes of at least 4 members (excludes halogenated alkanes) is 20. The molecule has 8 nitrogen and oxygen atoms in total. The molecule has 0 aromatic heterocycles. The van der Waals surface area contributed by atoms with Crippen LogP contribution in [0.5, 0.6) is 11.5 Å². The van der Waals surface area contributed by atoms with E-state index in [2.05, 4.69) is 23.9 Å². The van der Waals surface area contributed by atoms with Crippen LogP contribution in [0.4, 0.5) is 18.9 Å². The summed E-state index contributed by atoms with van der Waals surface area (Å²) in [7, 11) is -3.45. The topological polar surface area (TPSA) is 105 Å². The number of anilines is 1. The zero-order chi connectivity index (χ0) is 43.7. The summed E-state index contributed by atoms with van der Waals surface area (Å²) in [6, 6.07) is 12.8. The van der Waals surface area contributed by atoms with E-state index in [1.165, 1.54) is 134 Å². The van der Waals surface area contributed by atoms with Gasteiger partial charge in [0.15, 0.2) is 0 Å². The predicted molar refractivity (Wildman–Crippen MR) is 239 cm³/mol. The van der Waals surface area contributed by atoms with Crippen molar-refractivity contribution in [1.82, 2.24) is 4.31 Å². The number of sulfonamides is 1. The first kappa shape index (κ1) is 53.1. The molecule has 0 atom stereocenters. The molecular formula is C48H79F3N2O6S. The fourth-order valence-corrected chi connectivity index (χ4v) is 9.05. The number of rotatable bonds is 33. The molecule has 0 saturated carbocycles. The molecule has 1 heterocycles. The zero-order valence-corrected chi connectivity index (χ0v) is 37.9. The van der Waals surface area contributed by atoms with Crippen molar-refractivity contribution in [2.45, 2.75) is 198 Å². The number of carboxylic acids is 1. The van der Waals surface area contributed by atoms with E-state index in [0.29, 0.717) is 30.5 Å². The number of halogens is 3. The van der Waals surface area contributed by atoms with E-state index < -0.39 is 22.4 Å². The summed E-state index contributed by atoms with van der Waals surface area (Å²) < 4.78 is 73.6. The highest BCUT2D eigenvalue weighted by Crippen LogP contribution is 2.29. The number of hydrogen-bond acceptors (Lipinski definition) is 6. The fraction of sp³-hybridized carbons (Fsp3) is 0.729. The van der Waals surface area contributed by atoms with Gasteiger partial charge < -0.3 is 19.9 Å². The van der Waals surface area contributed by atoms with Crippen molar-refractivity contribution >= 4 is 21.7 Å². The number of nitrogens with zero attached hydrogens (tertiary/aromatic N) is 1. The molecule has 0 aliphatic carbocycles. The molecule has 2 aromatic rings. The second-order valence-electron chi connectivity index (χ2n) is 16.5. The van der Waals surface area contributed by atoms with Crippen molar-refractivity contribution in [2.24, 2.45) is 5.92 Å². The highest BCUT2D eigenvalue weighted by atomic mass is 32.2.